The lowest BCUT2D eigenvalue weighted by atomic mass is 9.91. The van der Waals surface area contributed by atoms with Gasteiger partial charge in [-0.1, -0.05) is 35.9 Å². The number of halogens is 1. The van der Waals surface area contributed by atoms with Gasteiger partial charge in [-0.2, -0.15) is 0 Å². The van der Waals surface area contributed by atoms with Crippen molar-refractivity contribution in [1.82, 2.24) is 0 Å². The summed E-state index contributed by atoms with van der Waals surface area (Å²) in [6, 6.07) is 15.3. The van der Waals surface area contributed by atoms with E-state index >= 15 is 0 Å². The Morgan fingerprint density at radius 1 is 1.00 bits per heavy atom. The highest BCUT2D eigenvalue weighted by atomic mass is 35.5. The Bertz CT molecular complexity index is 1060. The molecule has 2 aromatic carbocycles. The van der Waals surface area contributed by atoms with Gasteiger partial charge in [0, 0.05) is 17.5 Å². The quantitative estimate of drug-likeness (QED) is 0.624. The van der Waals surface area contributed by atoms with Crippen LogP contribution in [0.15, 0.2) is 48.5 Å². The van der Waals surface area contributed by atoms with Crippen LogP contribution in [0, 0.1) is 0 Å². The van der Waals surface area contributed by atoms with Crippen molar-refractivity contribution in [1.29, 1.82) is 0 Å². The largest absolute Gasteiger partial charge is 0.326 e. The number of hydrogen-bond donors (Lipinski definition) is 2. The second-order valence-electron chi connectivity index (χ2n) is 6.45. The number of carbonyl (C=O) groups excluding carboxylic acids is 2. The third kappa shape index (κ3) is 3.61. The highest BCUT2D eigenvalue weighted by Gasteiger charge is 2.21. The Morgan fingerprint density at radius 2 is 1.78 bits per heavy atom. The number of nitrogens with one attached hydrogen (secondary N) is 2. The minimum Gasteiger partial charge on any atom is -0.326 e. The Kier molecular flexibility index (Phi) is 4.72. The zero-order valence-corrected chi connectivity index (χ0v) is 16.2. The summed E-state index contributed by atoms with van der Waals surface area (Å²) < 4.78 is 0. The first kappa shape index (κ1) is 17.8. The summed E-state index contributed by atoms with van der Waals surface area (Å²) in [6.07, 6.45) is 1.93. The minimum atomic E-state index is -0.200. The molecule has 1 aliphatic carbocycles. The molecule has 136 valence electrons. The number of benzene rings is 2. The average Bonchev–Trinajstić information content (AvgIpc) is 3.09. The van der Waals surface area contributed by atoms with Crippen molar-refractivity contribution in [3.8, 4) is 10.4 Å². The van der Waals surface area contributed by atoms with E-state index in [9.17, 15) is 9.59 Å². The van der Waals surface area contributed by atoms with Crippen molar-refractivity contribution in [3.63, 3.8) is 0 Å². The first-order valence-electron chi connectivity index (χ1n) is 8.61. The van der Waals surface area contributed by atoms with Crippen molar-refractivity contribution in [2.45, 2.75) is 19.8 Å². The summed E-state index contributed by atoms with van der Waals surface area (Å²) in [6.45, 7) is 1.43. The molecule has 3 aromatic rings. The van der Waals surface area contributed by atoms with E-state index in [1.54, 1.807) is 18.2 Å². The SMILES string of the molecule is CC(=O)Nc1ccc(Cl)c(NC(=O)c2cc3c(s2)-c2ccccc2CC3)c1. The summed E-state index contributed by atoms with van der Waals surface area (Å²) in [7, 11) is 0. The number of carbonyl (C=O) groups is 2. The summed E-state index contributed by atoms with van der Waals surface area (Å²) in [4.78, 5) is 25.8. The monoisotopic (exact) mass is 396 g/mol. The van der Waals surface area contributed by atoms with Crippen LogP contribution < -0.4 is 10.6 Å². The number of rotatable bonds is 3. The van der Waals surface area contributed by atoms with Gasteiger partial charge in [-0.3, -0.25) is 9.59 Å². The molecule has 0 atom stereocenters. The maximum atomic E-state index is 12.8. The van der Waals surface area contributed by atoms with Crippen LogP contribution in [0.2, 0.25) is 5.02 Å². The molecule has 0 unspecified atom stereocenters. The van der Waals surface area contributed by atoms with E-state index in [1.807, 2.05) is 12.1 Å². The van der Waals surface area contributed by atoms with Crippen LogP contribution in [0.4, 0.5) is 11.4 Å². The summed E-state index contributed by atoms with van der Waals surface area (Å²) in [5.74, 6) is -0.382. The molecule has 0 saturated heterocycles. The zero-order valence-electron chi connectivity index (χ0n) is 14.6. The van der Waals surface area contributed by atoms with E-state index in [-0.39, 0.29) is 11.8 Å². The maximum Gasteiger partial charge on any atom is 0.265 e. The Morgan fingerprint density at radius 3 is 2.59 bits per heavy atom. The van der Waals surface area contributed by atoms with Gasteiger partial charge in [0.1, 0.15) is 0 Å². The molecule has 0 radical (unpaired) electrons. The van der Waals surface area contributed by atoms with E-state index < -0.39 is 0 Å². The molecule has 0 aliphatic heterocycles. The zero-order chi connectivity index (χ0) is 19.0. The number of amides is 2. The lowest BCUT2D eigenvalue weighted by Gasteiger charge is -2.15. The van der Waals surface area contributed by atoms with Crippen LogP contribution in [0.1, 0.15) is 27.7 Å². The number of fused-ring (bicyclic) bond motifs is 3. The summed E-state index contributed by atoms with van der Waals surface area (Å²) in [5.41, 5.74) is 4.81. The van der Waals surface area contributed by atoms with Crippen LogP contribution in [-0.2, 0) is 17.6 Å². The third-order valence-electron chi connectivity index (χ3n) is 4.49. The van der Waals surface area contributed by atoms with E-state index in [1.165, 1.54) is 39.8 Å². The molecule has 2 amide bonds. The van der Waals surface area contributed by atoms with Crippen molar-refractivity contribution in [2.24, 2.45) is 0 Å². The van der Waals surface area contributed by atoms with Crippen molar-refractivity contribution in [3.05, 3.63) is 69.6 Å². The highest BCUT2D eigenvalue weighted by molar-refractivity contribution is 7.17. The Labute approximate surface area is 166 Å². The van der Waals surface area contributed by atoms with Gasteiger partial charge >= 0.3 is 0 Å². The molecule has 4 nitrogen and oxygen atoms in total. The van der Waals surface area contributed by atoms with Crippen LogP contribution in [0.3, 0.4) is 0 Å². The van der Waals surface area contributed by atoms with E-state index in [4.69, 9.17) is 11.6 Å². The summed E-state index contributed by atoms with van der Waals surface area (Å²) in [5, 5.41) is 5.97. The number of anilines is 2. The van der Waals surface area contributed by atoms with Gasteiger partial charge < -0.3 is 10.6 Å². The molecule has 0 fully saturated rings. The van der Waals surface area contributed by atoms with Crippen molar-refractivity contribution >= 4 is 46.1 Å². The first-order valence-corrected chi connectivity index (χ1v) is 9.80. The van der Waals surface area contributed by atoms with Crippen molar-refractivity contribution < 1.29 is 9.59 Å². The molecular weight excluding hydrogens is 380 g/mol. The molecule has 0 bridgehead atoms. The molecule has 1 heterocycles. The highest BCUT2D eigenvalue weighted by Crippen LogP contribution is 2.39. The standard InChI is InChI=1S/C21H17ClN2O2S/c1-12(25)23-15-8-9-17(22)18(11-15)24-21(26)19-10-14-7-6-13-4-2-3-5-16(13)20(14)27-19/h2-5,8-11H,6-7H2,1H3,(H,23,25)(H,24,26). The number of aryl methyl sites for hydroxylation is 2. The fourth-order valence-corrected chi connectivity index (χ4v) is 4.60. The van der Waals surface area contributed by atoms with Crippen LogP contribution in [-0.4, -0.2) is 11.8 Å². The fourth-order valence-electron chi connectivity index (χ4n) is 3.27. The van der Waals surface area contributed by atoms with E-state index in [2.05, 4.69) is 28.8 Å². The van der Waals surface area contributed by atoms with Gasteiger partial charge in [0.25, 0.3) is 5.91 Å². The molecule has 6 heteroatoms. The Balaban J connectivity index is 1.61. The molecular formula is C21H17ClN2O2S. The second kappa shape index (κ2) is 7.18. The van der Waals surface area contributed by atoms with Crippen LogP contribution in [0.25, 0.3) is 10.4 Å². The van der Waals surface area contributed by atoms with Crippen molar-refractivity contribution in [2.75, 3.05) is 10.6 Å². The lowest BCUT2D eigenvalue weighted by molar-refractivity contribution is -0.114. The fraction of sp³-hybridized carbons (Fsp3) is 0.143. The average molecular weight is 397 g/mol. The van der Waals surface area contributed by atoms with Gasteiger partial charge in [0.15, 0.2) is 0 Å². The molecule has 2 N–H and O–H groups in total. The van der Waals surface area contributed by atoms with Gasteiger partial charge in [0.05, 0.1) is 15.6 Å². The van der Waals surface area contributed by atoms with Gasteiger partial charge in [-0.25, -0.2) is 0 Å². The maximum absolute atomic E-state index is 12.8. The minimum absolute atomic E-state index is 0.181. The third-order valence-corrected chi connectivity index (χ3v) is 6.03. The smallest absolute Gasteiger partial charge is 0.265 e. The van der Waals surface area contributed by atoms with Gasteiger partial charge in [0.2, 0.25) is 5.91 Å². The van der Waals surface area contributed by atoms with Gasteiger partial charge in [-0.15, -0.1) is 11.3 Å². The topological polar surface area (TPSA) is 58.2 Å². The molecule has 4 rings (SSSR count). The predicted molar refractivity (Wildman–Crippen MR) is 111 cm³/mol. The molecule has 0 saturated carbocycles. The molecule has 0 spiro atoms. The predicted octanol–water partition coefficient (Wildman–Crippen LogP) is 5.38. The number of hydrogen-bond acceptors (Lipinski definition) is 3. The molecule has 1 aromatic heterocycles. The summed E-state index contributed by atoms with van der Waals surface area (Å²) >= 11 is 7.71. The second-order valence-corrected chi connectivity index (χ2v) is 7.91. The number of thiophene rings is 1. The van der Waals surface area contributed by atoms with Crippen LogP contribution in [0.5, 0.6) is 0 Å². The normalized spacial score (nSPS) is 12.1. The first-order chi connectivity index (χ1) is 13.0. The van der Waals surface area contributed by atoms with Crippen LogP contribution >= 0.6 is 22.9 Å². The van der Waals surface area contributed by atoms with E-state index in [0.29, 0.717) is 21.3 Å². The molecule has 27 heavy (non-hydrogen) atoms. The Hall–Kier alpha value is -2.63. The molecule has 1 aliphatic rings. The lowest BCUT2D eigenvalue weighted by Crippen LogP contribution is -2.11. The van der Waals surface area contributed by atoms with Gasteiger partial charge in [-0.05, 0) is 53.8 Å². The van der Waals surface area contributed by atoms with E-state index in [0.717, 1.165) is 12.8 Å².